The van der Waals surface area contributed by atoms with Crippen LogP contribution in [-0.4, -0.2) is 16.2 Å². The first-order chi connectivity index (χ1) is 10.8. The lowest BCUT2D eigenvalue weighted by molar-refractivity contribution is 1.37. The molecule has 1 N–H and O–H groups in total. The summed E-state index contributed by atoms with van der Waals surface area (Å²) < 4.78 is 1.20. The molecule has 0 atom stereocenters. The number of anilines is 2. The number of nitrogens with one attached hydrogen (secondary N) is 1. The van der Waals surface area contributed by atoms with Crippen LogP contribution in [0.5, 0.6) is 0 Å². The van der Waals surface area contributed by atoms with Crippen molar-refractivity contribution in [3.63, 3.8) is 0 Å². The van der Waals surface area contributed by atoms with Crippen LogP contribution in [0, 0.1) is 0 Å². The molecule has 0 amide bonds. The number of hydrogen-bond acceptors (Lipinski definition) is 7. The summed E-state index contributed by atoms with van der Waals surface area (Å²) >= 11 is 6.72. The Labute approximate surface area is 144 Å². The zero-order chi connectivity index (χ0) is 14.9. The Morgan fingerprint density at radius 2 is 2.05 bits per heavy atom. The molecule has 4 aromatic rings. The summed E-state index contributed by atoms with van der Waals surface area (Å²) in [6.07, 6.45) is 2.09. The molecule has 22 heavy (non-hydrogen) atoms. The second kappa shape index (κ2) is 6.00. The Bertz CT molecular complexity index is 908. The highest BCUT2D eigenvalue weighted by atomic mass is 32.2. The minimum atomic E-state index is 0.882. The summed E-state index contributed by atoms with van der Waals surface area (Å²) in [5, 5.41) is 9.24. The predicted molar refractivity (Wildman–Crippen MR) is 100 cm³/mol. The summed E-state index contributed by atoms with van der Waals surface area (Å²) in [7, 11) is 0. The lowest BCUT2D eigenvalue weighted by Crippen LogP contribution is -1.87. The monoisotopic (exact) mass is 361 g/mol. The highest BCUT2D eigenvalue weighted by Gasteiger charge is 2.09. The van der Waals surface area contributed by atoms with E-state index in [4.69, 9.17) is 0 Å². The highest BCUT2D eigenvalue weighted by molar-refractivity contribution is 7.98. The van der Waals surface area contributed by atoms with E-state index in [2.05, 4.69) is 56.6 Å². The summed E-state index contributed by atoms with van der Waals surface area (Å²) in [6, 6.07) is 10.5. The largest absolute Gasteiger partial charge is 0.307 e. The van der Waals surface area contributed by atoms with Gasteiger partial charge in [-0.3, -0.25) is 0 Å². The molecule has 3 heterocycles. The summed E-state index contributed by atoms with van der Waals surface area (Å²) in [5.41, 5.74) is 2.05. The molecule has 0 unspecified atom stereocenters. The number of thiazole rings is 2. The summed E-state index contributed by atoms with van der Waals surface area (Å²) in [6.45, 7) is 0. The zero-order valence-corrected chi connectivity index (χ0v) is 14.8. The molecule has 0 spiro atoms. The minimum Gasteiger partial charge on any atom is -0.307 e. The van der Waals surface area contributed by atoms with E-state index < -0.39 is 0 Å². The first-order valence-electron chi connectivity index (χ1n) is 6.53. The summed E-state index contributed by atoms with van der Waals surface area (Å²) in [4.78, 5) is 11.7. The van der Waals surface area contributed by atoms with Crippen LogP contribution in [-0.2, 0) is 0 Å². The fourth-order valence-electron chi connectivity index (χ4n) is 2.05. The van der Waals surface area contributed by atoms with Crippen molar-refractivity contribution < 1.29 is 0 Å². The molecular weight excluding hydrogens is 350 g/mol. The Hall–Kier alpha value is -1.41. The molecule has 3 nitrogen and oxygen atoms in total. The molecular formula is C15H11N3S4. The van der Waals surface area contributed by atoms with Gasteiger partial charge in [0.05, 0.1) is 20.8 Å². The molecule has 0 aliphatic rings. The van der Waals surface area contributed by atoms with Gasteiger partial charge < -0.3 is 5.32 Å². The van der Waals surface area contributed by atoms with Gasteiger partial charge in [0.1, 0.15) is 0 Å². The van der Waals surface area contributed by atoms with Gasteiger partial charge in [-0.15, -0.1) is 34.4 Å². The van der Waals surface area contributed by atoms with Crippen molar-refractivity contribution in [2.24, 2.45) is 0 Å². The lowest BCUT2D eigenvalue weighted by Gasteiger charge is -1.94. The molecule has 0 bridgehead atoms. The van der Waals surface area contributed by atoms with Crippen LogP contribution in [0.2, 0.25) is 0 Å². The van der Waals surface area contributed by atoms with Gasteiger partial charge >= 0.3 is 0 Å². The third kappa shape index (κ3) is 2.77. The first kappa shape index (κ1) is 14.2. The predicted octanol–water partition coefficient (Wildman–Crippen LogP) is 5.95. The number of benzene rings is 1. The number of hydrogen-bond donors (Lipinski definition) is 1. The third-order valence-electron chi connectivity index (χ3n) is 3.09. The van der Waals surface area contributed by atoms with Crippen molar-refractivity contribution in [3.05, 3.63) is 41.1 Å². The maximum absolute atomic E-state index is 4.63. The van der Waals surface area contributed by atoms with Crippen molar-refractivity contribution in [1.82, 2.24) is 9.97 Å². The van der Waals surface area contributed by atoms with Gasteiger partial charge in [-0.1, -0.05) is 17.4 Å². The van der Waals surface area contributed by atoms with Crippen LogP contribution < -0.4 is 5.32 Å². The number of fused-ring (bicyclic) bond motifs is 1. The van der Waals surface area contributed by atoms with Crippen molar-refractivity contribution in [3.8, 4) is 10.6 Å². The minimum absolute atomic E-state index is 0.882. The molecule has 1 aromatic carbocycles. The van der Waals surface area contributed by atoms with Gasteiger partial charge in [-0.2, -0.15) is 0 Å². The Kier molecular flexibility index (Phi) is 3.87. The van der Waals surface area contributed by atoms with Gasteiger partial charge in [-0.05, 0) is 35.9 Å². The van der Waals surface area contributed by atoms with Crippen LogP contribution in [0.3, 0.4) is 0 Å². The van der Waals surface area contributed by atoms with Gasteiger partial charge in [0, 0.05) is 10.3 Å². The van der Waals surface area contributed by atoms with Crippen molar-refractivity contribution in [2.45, 2.75) is 4.90 Å². The Balaban J connectivity index is 1.60. The SMILES string of the molecule is CSc1ccc2nc(Nc3nc(-c4cccs4)cs3)sc2c1. The van der Waals surface area contributed by atoms with Crippen LogP contribution in [0.1, 0.15) is 0 Å². The van der Waals surface area contributed by atoms with Crippen LogP contribution in [0.4, 0.5) is 10.3 Å². The highest BCUT2D eigenvalue weighted by Crippen LogP contribution is 2.33. The Morgan fingerprint density at radius 1 is 1.09 bits per heavy atom. The molecule has 0 aliphatic carbocycles. The molecule has 0 radical (unpaired) electrons. The number of thioether (sulfide) groups is 1. The van der Waals surface area contributed by atoms with Crippen LogP contribution in [0.15, 0.2) is 46.0 Å². The van der Waals surface area contributed by atoms with E-state index in [0.29, 0.717) is 0 Å². The van der Waals surface area contributed by atoms with Gasteiger partial charge in [0.25, 0.3) is 0 Å². The maximum atomic E-state index is 4.63. The third-order valence-corrected chi connectivity index (χ3v) is 6.40. The fourth-order valence-corrected chi connectivity index (χ4v) is 5.00. The van der Waals surface area contributed by atoms with Gasteiger partial charge in [-0.25, -0.2) is 9.97 Å². The number of thiophene rings is 1. The summed E-state index contributed by atoms with van der Waals surface area (Å²) in [5.74, 6) is 0. The smallest absolute Gasteiger partial charge is 0.190 e. The van der Waals surface area contributed by atoms with E-state index in [1.54, 1.807) is 45.8 Å². The van der Waals surface area contributed by atoms with E-state index in [1.165, 1.54) is 14.5 Å². The molecule has 3 aromatic heterocycles. The first-order valence-corrected chi connectivity index (χ1v) is 10.3. The molecule has 0 saturated carbocycles. The fraction of sp³-hybridized carbons (Fsp3) is 0.0667. The molecule has 7 heteroatoms. The second-order valence-corrected chi connectivity index (χ2v) is 8.21. The van der Waals surface area contributed by atoms with Crippen molar-refractivity contribution in [2.75, 3.05) is 11.6 Å². The standard InChI is InChI=1S/C15H11N3S4/c1-19-9-4-5-10-13(7-9)22-15(16-10)18-14-17-11(8-21-14)12-3-2-6-20-12/h2-8H,1H3,(H,16,17,18). The van der Waals surface area contributed by atoms with Crippen LogP contribution in [0.25, 0.3) is 20.8 Å². The zero-order valence-electron chi connectivity index (χ0n) is 11.6. The normalized spacial score (nSPS) is 11.1. The van der Waals surface area contributed by atoms with E-state index in [-0.39, 0.29) is 0 Å². The Morgan fingerprint density at radius 3 is 2.86 bits per heavy atom. The number of aromatic nitrogens is 2. The number of rotatable bonds is 4. The van der Waals surface area contributed by atoms with Gasteiger partial charge in [0.2, 0.25) is 0 Å². The topological polar surface area (TPSA) is 37.8 Å². The molecule has 0 saturated heterocycles. The average molecular weight is 362 g/mol. The number of nitrogens with zero attached hydrogens (tertiary/aromatic N) is 2. The maximum Gasteiger partial charge on any atom is 0.190 e. The van der Waals surface area contributed by atoms with E-state index in [1.807, 2.05) is 6.07 Å². The van der Waals surface area contributed by atoms with Gasteiger partial charge in [0.15, 0.2) is 10.3 Å². The molecule has 0 fully saturated rings. The van der Waals surface area contributed by atoms with E-state index in [0.717, 1.165) is 21.5 Å². The average Bonchev–Trinajstić information content (AvgIpc) is 3.26. The molecule has 0 aliphatic heterocycles. The molecule has 4 rings (SSSR count). The molecule has 110 valence electrons. The lowest BCUT2D eigenvalue weighted by atomic mass is 10.3. The quantitative estimate of drug-likeness (QED) is 0.456. The van der Waals surface area contributed by atoms with Crippen LogP contribution >= 0.6 is 45.8 Å². The van der Waals surface area contributed by atoms with Crippen molar-refractivity contribution >= 4 is 66.3 Å². The van der Waals surface area contributed by atoms with E-state index in [9.17, 15) is 0 Å². The second-order valence-electron chi connectivity index (χ2n) is 4.49. The van der Waals surface area contributed by atoms with E-state index >= 15 is 0 Å². The van der Waals surface area contributed by atoms with Crippen molar-refractivity contribution in [1.29, 1.82) is 0 Å².